The zero-order valence-corrected chi connectivity index (χ0v) is 13.7. The number of benzene rings is 2. The Morgan fingerprint density at radius 1 is 1.24 bits per heavy atom. The van der Waals surface area contributed by atoms with E-state index in [0.29, 0.717) is 6.54 Å². The lowest BCUT2D eigenvalue weighted by molar-refractivity contribution is -0.149. The second-order valence-corrected chi connectivity index (χ2v) is 6.85. The first-order valence-corrected chi connectivity index (χ1v) is 8.39. The molecule has 3 aliphatic heterocycles. The lowest BCUT2D eigenvalue weighted by Gasteiger charge is -2.22. The Bertz CT molecular complexity index is 931. The standard InChI is InChI=1S/C20H17NO4/c1-24-19(23)16-15-9-10-20(25-15)11-21(18(22)17(16)20)14-8-4-6-12-5-2-3-7-13(12)14/h2-10,15-17H,11H2,1H3/t15-,16?,17+,20-/m1/s1. The van der Waals surface area contributed by atoms with Gasteiger partial charge in [-0.1, -0.05) is 48.6 Å². The highest BCUT2D eigenvalue weighted by Crippen LogP contribution is 2.53. The summed E-state index contributed by atoms with van der Waals surface area (Å²) in [5.74, 6) is -1.54. The molecule has 1 amide bonds. The van der Waals surface area contributed by atoms with Gasteiger partial charge in [0, 0.05) is 5.39 Å². The summed E-state index contributed by atoms with van der Waals surface area (Å²) in [6.07, 6.45) is 3.47. The molecule has 126 valence electrons. The zero-order chi connectivity index (χ0) is 17.2. The van der Waals surface area contributed by atoms with E-state index in [1.807, 2.05) is 54.6 Å². The number of ether oxygens (including phenoxy) is 2. The number of esters is 1. The molecule has 4 atom stereocenters. The maximum atomic E-state index is 13.3. The number of carbonyl (C=O) groups excluding carboxylic acids is 2. The molecular formula is C20H17NO4. The summed E-state index contributed by atoms with van der Waals surface area (Å²) in [7, 11) is 1.35. The molecule has 5 nitrogen and oxygen atoms in total. The van der Waals surface area contributed by atoms with Crippen molar-refractivity contribution in [1.82, 2.24) is 0 Å². The van der Waals surface area contributed by atoms with Gasteiger partial charge in [0.05, 0.1) is 31.4 Å². The maximum absolute atomic E-state index is 13.3. The van der Waals surface area contributed by atoms with Gasteiger partial charge in [0.2, 0.25) is 5.91 Å². The predicted molar refractivity (Wildman–Crippen MR) is 92.0 cm³/mol. The van der Waals surface area contributed by atoms with Crippen LogP contribution in [0.2, 0.25) is 0 Å². The number of nitrogens with zero attached hydrogens (tertiary/aromatic N) is 1. The van der Waals surface area contributed by atoms with Crippen LogP contribution in [0, 0.1) is 11.8 Å². The number of hydrogen-bond donors (Lipinski definition) is 0. The second-order valence-electron chi connectivity index (χ2n) is 6.85. The smallest absolute Gasteiger partial charge is 0.312 e. The van der Waals surface area contributed by atoms with Gasteiger partial charge in [-0.3, -0.25) is 9.59 Å². The Morgan fingerprint density at radius 2 is 2.04 bits per heavy atom. The topological polar surface area (TPSA) is 55.8 Å². The van der Waals surface area contributed by atoms with E-state index >= 15 is 0 Å². The highest BCUT2D eigenvalue weighted by molar-refractivity contribution is 6.08. The van der Waals surface area contributed by atoms with E-state index in [9.17, 15) is 9.59 Å². The van der Waals surface area contributed by atoms with E-state index in [0.717, 1.165) is 16.5 Å². The van der Waals surface area contributed by atoms with Gasteiger partial charge < -0.3 is 14.4 Å². The maximum Gasteiger partial charge on any atom is 0.312 e. The SMILES string of the molecule is COC(=O)C1[C@H]2C(=O)N(c3cccc4ccccc34)C[C@]23C=C[C@H]1O3. The number of fused-ring (bicyclic) bond motifs is 2. The average Bonchev–Trinajstić information content (AvgIpc) is 3.29. The van der Waals surface area contributed by atoms with Crippen LogP contribution in [0.4, 0.5) is 5.69 Å². The highest BCUT2D eigenvalue weighted by Gasteiger charge is 2.67. The zero-order valence-electron chi connectivity index (χ0n) is 13.7. The van der Waals surface area contributed by atoms with Gasteiger partial charge in [0.15, 0.2) is 0 Å². The van der Waals surface area contributed by atoms with E-state index in [2.05, 4.69) is 0 Å². The molecule has 2 aromatic rings. The van der Waals surface area contributed by atoms with Crippen molar-refractivity contribution in [2.24, 2.45) is 11.8 Å². The van der Waals surface area contributed by atoms with Gasteiger partial charge in [0.25, 0.3) is 0 Å². The third-order valence-corrected chi connectivity index (χ3v) is 5.63. The summed E-state index contributed by atoms with van der Waals surface area (Å²) in [4.78, 5) is 27.2. The molecule has 5 rings (SSSR count). The van der Waals surface area contributed by atoms with E-state index in [1.54, 1.807) is 4.90 Å². The molecular weight excluding hydrogens is 318 g/mol. The molecule has 3 heterocycles. The minimum Gasteiger partial charge on any atom is -0.469 e. The van der Waals surface area contributed by atoms with Gasteiger partial charge in [-0.05, 0) is 11.5 Å². The molecule has 2 aromatic carbocycles. The quantitative estimate of drug-likeness (QED) is 0.624. The Hall–Kier alpha value is -2.66. The molecule has 1 spiro atoms. The van der Waals surface area contributed by atoms with Crippen molar-refractivity contribution < 1.29 is 19.1 Å². The molecule has 2 bridgehead atoms. The van der Waals surface area contributed by atoms with Crippen LogP contribution in [-0.2, 0) is 19.1 Å². The summed E-state index contributed by atoms with van der Waals surface area (Å²) >= 11 is 0. The molecule has 0 N–H and O–H groups in total. The van der Waals surface area contributed by atoms with Crippen molar-refractivity contribution >= 4 is 28.3 Å². The van der Waals surface area contributed by atoms with Gasteiger partial charge >= 0.3 is 5.97 Å². The summed E-state index contributed by atoms with van der Waals surface area (Å²) in [6.45, 7) is 0.422. The minimum absolute atomic E-state index is 0.0707. The first-order chi connectivity index (χ1) is 12.1. The molecule has 0 aliphatic carbocycles. The number of carbonyl (C=O) groups is 2. The van der Waals surface area contributed by atoms with Crippen LogP contribution in [0.15, 0.2) is 54.6 Å². The van der Waals surface area contributed by atoms with Crippen LogP contribution in [-0.4, -0.2) is 37.2 Å². The Labute approximate surface area is 144 Å². The van der Waals surface area contributed by atoms with Gasteiger partial charge in [-0.25, -0.2) is 0 Å². The third-order valence-electron chi connectivity index (χ3n) is 5.63. The average molecular weight is 335 g/mol. The molecule has 5 heteroatoms. The molecule has 25 heavy (non-hydrogen) atoms. The Kier molecular flexibility index (Phi) is 2.89. The molecule has 1 unspecified atom stereocenters. The van der Waals surface area contributed by atoms with E-state index < -0.39 is 17.4 Å². The Balaban J connectivity index is 1.61. The number of hydrogen-bond acceptors (Lipinski definition) is 4. The van der Waals surface area contributed by atoms with Crippen LogP contribution in [0.1, 0.15) is 0 Å². The number of methoxy groups -OCH3 is 1. The molecule has 2 fully saturated rings. The first kappa shape index (κ1) is 14.7. The van der Waals surface area contributed by atoms with E-state index in [1.165, 1.54) is 7.11 Å². The van der Waals surface area contributed by atoms with Crippen molar-refractivity contribution in [2.75, 3.05) is 18.6 Å². The summed E-state index contributed by atoms with van der Waals surface area (Å²) in [5.41, 5.74) is 0.133. The summed E-state index contributed by atoms with van der Waals surface area (Å²) in [6, 6.07) is 13.9. The fraction of sp³-hybridized carbons (Fsp3) is 0.300. The lowest BCUT2D eigenvalue weighted by Crippen LogP contribution is -2.39. The van der Waals surface area contributed by atoms with Crippen LogP contribution in [0.5, 0.6) is 0 Å². The van der Waals surface area contributed by atoms with Crippen molar-refractivity contribution in [3.63, 3.8) is 0 Å². The van der Waals surface area contributed by atoms with Crippen molar-refractivity contribution in [3.05, 3.63) is 54.6 Å². The summed E-state index contributed by atoms with van der Waals surface area (Å²) < 4.78 is 11.0. The van der Waals surface area contributed by atoms with Crippen molar-refractivity contribution in [3.8, 4) is 0 Å². The monoisotopic (exact) mass is 335 g/mol. The normalized spacial score (nSPS) is 32.4. The molecule has 0 radical (unpaired) electrons. The van der Waals surface area contributed by atoms with Crippen LogP contribution >= 0.6 is 0 Å². The van der Waals surface area contributed by atoms with E-state index in [-0.39, 0.29) is 18.0 Å². The minimum atomic E-state index is -0.725. The molecule has 0 saturated carbocycles. The van der Waals surface area contributed by atoms with Gasteiger partial charge in [-0.2, -0.15) is 0 Å². The second kappa shape index (κ2) is 4.92. The van der Waals surface area contributed by atoms with Gasteiger partial charge in [0.1, 0.15) is 11.5 Å². The first-order valence-electron chi connectivity index (χ1n) is 8.39. The fourth-order valence-electron chi connectivity index (χ4n) is 4.55. The number of amides is 1. The van der Waals surface area contributed by atoms with Crippen LogP contribution in [0.3, 0.4) is 0 Å². The predicted octanol–water partition coefficient (Wildman–Crippen LogP) is 2.30. The lowest BCUT2D eigenvalue weighted by atomic mass is 9.77. The van der Waals surface area contributed by atoms with E-state index in [4.69, 9.17) is 9.47 Å². The summed E-state index contributed by atoms with van der Waals surface area (Å²) in [5, 5.41) is 2.09. The van der Waals surface area contributed by atoms with Crippen LogP contribution in [0.25, 0.3) is 10.8 Å². The number of rotatable bonds is 2. The molecule has 0 aromatic heterocycles. The highest BCUT2D eigenvalue weighted by atomic mass is 16.5. The van der Waals surface area contributed by atoms with Gasteiger partial charge in [-0.15, -0.1) is 0 Å². The van der Waals surface area contributed by atoms with Crippen molar-refractivity contribution in [2.45, 2.75) is 11.7 Å². The Morgan fingerprint density at radius 3 is 2.88 bits per heavy atom. The number of anilines is 1. The largest absolute Gasteiger partial charge is 0.469 e. The molecule has 2 saturated heterocycles. The van der Waals surface area contributed by atoms with Crippen LogP contribution < -0.4 is 4.90 Å². The third kappa shape index (κ3) is 1.81. The fourth-order valence-corrected chi connectivity index (χ4v) is 4.55. The molecule has 3 aliphatic rings. The van der Waals surface area contributed by atoms with Crippen molar-refractivity contribution in [1.29, 1.82) is 0 Å².